The molecule has 6 nitrogen and oxygen atoms in total. The Balaban J connectivity index is 1.72. The van der Waals surface area contributed by atoms with Gasteiger partial charge in [0.25, 0.3) is 0 Å². The Morgan fingerprint density at radius 2 is 1.97 bits per heavy atom. The number of allylic oxidation sites excluding steroid dienone is 3. The van der Waals surface area contributed by atoms with Crippen LogP contribution in [0.4, 0.5) is 0 Å². The van der Waals surface area contributed by atoms with Gasteiger partial charge in [0.2, 0.25) is 14.2 Å². The molecule has 0 aliphatic heterocycles. The predicted molar refractivity (Wildman–Crippen MR) is 135 cm³/mol. The molecule has 1 aromatic heterocycles. The Labute approximate surface area is 205 Å². The van der Waals surface area contributed by atoms with Crippen molar-refractivity contribution in [2.45, 2.75) is 63.5 Å². The summed E-state index contributed by atoms with van der Waals surface area (Å²) in [4.78, 5) is 15.6. The minimum absolute atomic E-state index is 0.123. The lowest BCUT2D eigenvalue weighted by Gasteiger charge is -2.44. The summed E-state index contributed by atoms with van der Waals surface area (Å²) < 4.78 is 31.5. The molecule has 1 saturated carbocycles. The molecule has 1 aromatic carbocycles. The van der Waals surface area contributed by atoms with Gasteiger partial charge in [0.15, 0.2) is 0 Å². The first-order valence-corrected chi connectivity index (χ1v) is 13.6. The first kappa shape index (κ1) is 26.1. The number of para-hydroxylation sites is 1. The number of carbonyl (C=O) groups excluding carboxylic acids is 1. The standard InChI is InChI=1S/C26H31NO5S2/c1-18(13-14-23-25(3,4)16-20(32-19(2)28)17-26(23,5)29)10-8-9-15-34(30,31)24-27-21-11-6-7-12-22(21)33-24/h6-13,20,29H,15-17H2,1-5H3/b9-8+,18-10+. The Morgan fingerprint density at radius 3 is 2.62 bits per heavy atom. The highest BCUT2D eigenvalue weighted by Crippen LogP contribution is 2.46. The number of aromatic nitrogens is 1. The summed E-state index contributed by atoms with van der Waals surface area (Å²) in [6.45, 7) is 8.97. The van der Waals surface area contributed by atoms with Gasteiger partial charge in [-0.3, -0.25) is 4.79 Å². The van der Waals surface area contributed by atoms with E-state index in [0.29, 0.717) is 18.4 Å². The van der Waals surface area contributed by atoms with Crippen LogP contribution in [0.5, 0.6) is 0 Å². The van der Waals surface area contributed by atoms with Crippen LogP contribution in [-0.2, 0) is 19.4 Å². The highest BCUT2D eigenvalue weighted by molar-refractivity contribution is 7.93. The van der Waals surface area contributed by atoms with Crippen LogP contribution in [0.25, 0.3) is 10.2 Å². The first-order valence-electron chi connectivity index (χ1n) is 11.1. The SMILES string of the molecule is CC(=O)OC1CC(C)(C)C(=C=C/C(C)=C/C=C/CS(=O)(=O)c2nc3ccccc3s2)C(C)(O)C1. The number of ether oxygens (including phenoxy) is 1. The second kappa shape index (κ2) is 10.0. The zero-order valence-corrected chi connectivity index (χ0v) is 21.8. The van der Waals surface area contributed by atoms with Crippen molar-refractivity contribution in [1.82, 2.24) is 4.98 Å². The Morgan fingerprint density at radius 1 is 1.26 bits per heavy atom. The molecule has 2 atom stereocenters. The topological polar surface area (TPSA) is 93.6 Å². The predicted octanol–water partition coefficient (Wildman–Crippen LogP) is 5.16. The lowest BCUT2D eigenvalue weighted by Crippen LogP contribution is -2.46. The van der Waals surface area contributed by atoms with E-state index < -0.39 is 20.9 Å². The maximum atomic E-state index is 12.6. The van der Waals surface area contributed by atoms with Crippen LogP contribution in [0.2, 0.25) is 0 Å². The Bertz CT molecular complexity index is 1250. The van der Waals surface area contributed by atoms with Gasteiger partial charge in [-0.05, 0) is 49.5 Å². The number of fused-ring (bicyclic) bond motifs is 1. The number of hydrogen-bond acceptors (Lipinski definition) is 7. The van der Waals surface area contributed by atoms with Gasteiger partial charge >= 0.3 is 5.97 Å². The van der Waals surface area contributed by atoms with Crippen molar-refractivity contribution in [3.63, 3.8) is 0 Å². The molecule has 0 amide bonds. The third-order valence-corrected chi connectivity index (χ3v) is 8.80. The molecular formula is C26H31NO5S2. The largest absolute Gasteiger partial charge is 0.462 e. The van der Waals surface area contributed by atoms with Crippen molar-refractivity contribution < 1.29 is 23.1 Å². The van der Waals surface area contributed by atoms with E-state index in [0.717, 1.165) is 15.8 Å². The van der Waals surface area contributed by atoms with Crippen LogP contribution in [0.15, 0.2) is 69.8 Å². The molecule has 8 heteroatoms. The van der Waals surface area contributed by atoms with E-state index in [1.54, 1.807) is 37.3 Å². The van der Waals surface area contributed by atoms with E-state index in [1.807, 2.05) is 39.0 Å². The van der Waals surface area contributed by atoms with Crippen LogP contribution in [0, 0.1) is 5.41 Å². The fraction of sp³-hybridized carbons (Fsp3) is 0.423. The van der Waals surface area contributed by atoms with Crippen molar-refractivity contribution in [1.29, 1.82) is 0 Å². The molecule has 0 radical (unpaired) electrons. The molecule has 182 valence electrons. The van der Waals surface area contributed by atoms with Crippen LogP contribution >= 0.6 is 11.3 Å². The highest BCUT2D eigenvalue weighted by Gasteiger charge is 2.46. The van der Waals surface area contributed by atoms with Crippen LogP contribution in [0.1, 0.15) is 47.5 Å². The molecule has 2 aromatic rings. The van der Waals surface area contributed by atoms with Gasteiger partial charge in [0.1, 0.15) is 6.10 Å². The minimum atomic E-state index is -3.50. The van der Waals surface area contributed by atoms with E-state index in [4.69, 9.17) is 4.74 Å². The third kappa shape index (κ3) is 6.33. The average molecular weight is 502 g/mol. The zero-order valence-electron chi connectivity index (χ0n) is 20.2. The molecule has 1 aliphatic carbocycles. The molecule has 34 heavy (non-hydrogen) atoms. The van der Waals surface area contributed by atoms with Crippen molar-refractivity contribution in [3.05, 3.63) is 65.4 Å². The van der Waals surface area contributed by atoms with Gasteiger partial charge in [-0.2, -0.15) is 0 Å². The lowest BCUT2D eigenvalue weighted by molar-refractivity contribution is -0.152. The van der Waals surface area contributed by atoms with Gasteiger partial charge in [0.05, 0.1) is 21.6 Å². The summed E-state index contributed by atoms with van der Waals surface area (Å²) in [6.07, 6.45) is 7.45. The summed E-state index contributed by atoms with van der Waals surface area (Å²) in [7, 11) is -3.50. The van der Waals surface area contributed by atoms with Gasteiger partial charge < -0.3 is 9.84 Å². The number of aliphatic hydroxyl groups is 1. The molecule has 3 rings (SSSR count). The van der Waals surface area contributed by atoms with Crippen molar-refractivity contribution in [3.8, 4) is 0 Å². The molecule has 0 bridgehead atoms. The van der Waals surface area contributed by atoms with Gasteiger partial charge in [-0.15, -0.1) is 17.1 Å². The number of nitrogens with zero attached hydrogens (tertiary/aromatic N) is 1. The Kier molecular flexibility index (Phi) is 7.68. The van der Waals surface area contributed by atoms with Gasteiger partial charge in [0, 0.05) is 18.9 Å². The molecule has 0 spiro atoms. The number of hydrogen-bond donors (Lipinski definition) is 1. The maximum absolute atomic E-state index is 12.6. The molecule has 1 heterocycles. The number of thiazole rings is 1. The maximum Gasteiger partial charge on any atom is 0.302 e. The van der Waals surface area contributed by atoms with E-state index in [9.17, 15) is 18.3 Å². The van der Waals surface area contributed by atoms with E-state index in [2.05, 4.69) is 10.7 Å². The molecule has 0 saturated heterocycles. The summed E-state index contributed by atoms with van der Waals surface area (Å²) in [5.74, 6) is -0.490. The molecule has 2 unspecified atom stereocenters. The summed E-state index contributed by atoms with van der Waals surface area (Å²) in [5, 5.41) is 11.0. The average Bonchev–Trinajstić information content (AvgIpc) is 3.14. The number of carbonyl (C=O) groups is 1. The third-order valence-electron chi connectivity index (χ3n) is 5.71. The fourth-order valence-electron chi connectivity index (χ4n) is 4.38. The second-order valence-corrected chi connectivity index (χ2v) is 12.8. The van der Waals surface area contributed by atoms with Crippen molar-refractivity contribution in [2.24, 2.45) is 5.41 Å². The van der Waals surface area contributed by atoms with Crippen molar-refractivity contribution in [2.75, 3.05) is 5.75 Å². The second-order valence-electron chi connectivity index (χ2n) is 9.53. The molecular weight excluding hydrogens is 470 g/mol. The number of benzene rings is 1. The van der Waals surface area contributed by atoms with E-state index in [1.165, 1.54) is 18.3 Å². The van der Waals surface area contributed by atoms with Crippen LogP contribution < -0.4 is 0 Å². The first-order chi connectivity index (χ1) is 15.8. The number of esters is 1. The highest BCUT2D eigenvalue weighted by atomic mass is 32.2. The molecule has 1 fully saturated rings. The van der Waals surface area contributed by atoms with E-state index in [-0.39, 0.29) is 22.2 Å². The monoisotopic (exact) mass is 501 g/mol. The molecule has 1 N–H and O–H groups in total. The fourth-order valence-corrected chi connectivity index (χ4v) is 6.80. The summed E-state index contributed by atoms with van der Waals surface area (Å²) in [6, 6.07) is 7.35. The number of rotatable bonds is 6. The summed E-state index contributed by atoms with van der Waals surface area (Å²) >= 11 is 1.18. The molecule has 1 aliphatic rings. The smallest absolute Gasteiger partial charge is 0.302 e. The minimum Gasteiger partial charge on any atom is -0.462 e. The quantitative estimate of drug-likeness (QED) is 0.334. The Hall–Kier alpha value is -2.51. The van der Waals surface area contributed by atoms with E-state index >= 15 is 0 Å². The number of sulfone groups is 1. The zero-order chi connectivity index (χ0) is 25.1. The van der Waals surface area contributed by atoms with Gasteiger partial charge in [-0.25, -0.2) is 13.4 Å². The summed E-state index contributed by atoms with van der Waals surface area (Å²) in [5.41, 5.74) is 3.98. The normalized spacial score (nSPS) is 23.2. The van der Waals surface area contributed by atoms with Crippen molar-refractivity contribution >= 4 is 37.4 Å². The lowest BCUT2D eigenvalue weighted by atomic mass is 9.65. The van der Waals surface area contributed by atoms with Gasteiger partial charge in [-0.1, -0.05) is 44.2 Å². The van der Waals surface area contributed by atoms with Crippen LogP contribution in [0.3, 0.4) is 0 Å². The van der Waals surface area contributed by atoms with Crippen LogP contribution in [-0.4, -0.2) is 41.9 Å².